The number of ether oxygens (including phenoxy) is 1. The van der Waals surface area contributed by atoms with E-state index in [1.165, 1.54) is 17.3 Å². The normalized spacial score (nSPS) is 10.5. The van der Waals surface area contributed by atoms with Crippen molar-refractivity contribution in [3.05, 3.63) is 28.3 Å². The molecule has 0 aliphatic rings. The number of hydrogen-bond donors (Lipinski definition) is 0. The third-order valence-electron chi connectivity index (χ3n) is 2.05. The van der Waals surface area contributed by atoms with Crippen molar-refractivity contribution in [3.63, 3.8) is 0 Å². The topological polar surface area (TPSA) is 65.2 Å². The summed E-state index contributed by atoms with van der Waals surface area (Å²) in [5, 5.41) is 12.0. The number of rotatable bonds is 6. The summed E-state index contributed by atoms with van der Waals surface area (Å²) in [5.41, 5.74) is 1.29. The largest absolute Gasteiger partial charge is 0.459 e. The van der Waals surface area contributed by atoms with Crippen molar-refractivity contribution in [2.24, 2.45) is 0 Å². The number of hydrogen-bond acceptors (Lipinski definition) is 7. The molecule has 0 bridgehead atoms. The Bertz CT molecular complexity index is 496. The molecule has 2 aromatic heterocycles. The highest BCUT2D eigenvalue weighted by molar-refractivity contribution is 7.99. The van der Waals surface area contributed by atoms with Crippen LogP contribution in [0.2, 0.25) is 0 Å². The van der Waals surface area contributed by atoms with Crippen molar-refractivity contribution < 1.29 is 13.9 Å². The average Bonchev–Trinajstić information content (AvgIpc) is 3.00. The Morgan fingerprint density at radius 2 is 2.44 bits per heavy atom. The number of esters is 1. The second-order valence-corrected chi connectivity index (χ2v) is 5.15. The summed E-state index contributed by atoms with van der Waals surface area (Å²) in [5.74, 6) is 0.172. The Morgan fingerprint density at radius 3 is 3.17 bits per heavy atom. The molecule has 0 radical (unpaired) electrons. The van der Waals surface area contributed by atoms with Crippen molar-refractivity contribution in [1.29, 1.82) is 0 Å². The Kier molecular flexibility index (Phi) is 4.77. The van der Waals surface area contributed by atoms with Gasteiger partial charge in [0.25, 0.3) is 5.22 Å². The second kappa shape index (κ2) is 6.55. The predicted molar refractivity (Wildman–Crippen MR) is 69.0 cm³/mol. The van der Waals surface area contributed by atoms with E-state index in [2.05, 4.69) is 21.6 Å². The minimum Gasteiger partial charge on any atom is -0.459 e. The van der Waals surface area contributed by atoms with Gasteiger partial charge in [0.15, 0.2) is 0 Å². The fourth-order valence-electron chi connectivity index (χ4n) is 1.23. The molecule has 0 fully saturated rings. The van der Waals surface area contributed by atoms with Crippen LogP contribution in [0.4, 0.5) is 0 Å². The highest BCUT2D eigenvalue weighted by Gasteiger charge is 2.15. The predicted octanol–water partition coefficient (Wildman–Crippen LogP) is 2.64. The maximum absolute atomic E-state index is 11.3. The summed E-state index contributed by atoms with van der Waals surface area (Å²) in [7, 11) is 0. The lowest BCUT2D eigenvalue weighted by Gasteiger charge is -1.95. The van der Waals surface area contributed by atoms with Gasteiger partial charge in [-0.1, -0.05) is 16.9 Å². The highest BCUT2D eigenvalue weighted by atomic mass is 32.2. The maximum atomic E-state index is 11.3. The molecular formula is C11H12N2O3S2. The first-order chi connectivity index (χ1) is 8.79. The Labute approximate surface area is 113 Å². The molecular weight excluding hydrogens is 272 g/mol. The van der Waals surface area contributed by atoms with E-state index in [1.807, 2.05) is 5.38 Å². The van der Waals surface area contributed by atoms with Gasteiger partial charge in [0, 0.05) is 5.75 Å². The van der Waals surface area contributed by atoms with Crippen molar-refractivity contribution in [3.8, 4) is 0 Å². The van der Waals surface area contributed by atoms with Crippen LogP contribution in [0.15, 0.2) is 26.5 Å². The van der Waals surface area contributed by atoms with E-state index in [9.17, 15) is 4.79 Å². The fourth-order valence-corrected chi connectivity index (χ4v) is 2.69. The number of thioether (sulfide) groups is 1. The van der Waals surface area contributed by atoms with Crippen LogP contribution < -0.4 is 0 Å². The molecule has 0 amide bonds. The monoisotopic (exact) mass is 284 g/mol. The number of aromatic nitrogens is 2. The molecule has 7 heteroatoms. The first-order valence-electron chi connectivity index (χ1n) is 5.44. The first kappa shape index (κ1) is 13.1. The molecule has 0 aromatic carbocycles. The van der Waals surface area contributed by atoms with Gasteiger partial charge in [-0.05, 0) is 35.7 Å². The SMILES string of the molecule is CCOC(=O)c1nnc(SCCc2ccsc2)o1. The van der Waals surface area contributed by atoms with Gasteiger partial charge in [0.2, 0.25) is 0 Å². The Hall–Kier alpha value is -1.34. The summed E-state index contributed by atoms with van der Waals surface area (Å²) in [6.45, 7) is 2.02. The summed E-state index contributed by atoms with van der Waals surface area (Å²) >= 11 is 3.11. The number of carbonyl (C=O) groups is 1. The molecule has 0 N–H and O–H groups in total. The third kappa shape index (κ3) is 3.58. The summed E-state index contributed by atoms with van der Waals surface area (Å²) < 4.78 is 9.95. The molecule has 0 aliphatic heterocycles. The lowest BCUT2D eigenvalue weighted by atomic mass is 10.3. The molecule has 2 heterocycles. The second-order valence-electron chi connectivity index (χ2n) is 3.32. The molecule has 5 nitrogen and oxygen atoms in total. The number of aryl methyl sites for hydroxylation is 1. The first-order valence-corrected chi connectivity index (χ1v) is 7.37. The van der Waals surface area contributed by atoms with Gasteiger partial charge in [-0.3, -0.25) is 0 Å². The number of carbonyl (C=O) groups excluding carboxylic acids is 1. The van der Waals surface area contributed by atoms with Crippen LogP contribution in [0.1, 0.15) is 23.2 Å². The van der Waals surface area contributed by atoms with E-state index in [-0.39, 0.29) is 5.89 Å². The molecule has 0 aliphatic carbocycles. The summed E-state index contributed by atoms with van der Waals surface area (Å²) in [4.78, 5) is 11.3. The zero-order valence-corrected chi connectivity index (χ0v) is 11.4. The zero-order chi connectivity index (χ0) is 12.8. The Morgan fingerprint density at radius 1 is 1.56 bits per heavy atom. The fraction of sp³-hybridized carbons (Fsp3) is 0.364. The zero-order valence-electron chi connectivity index (χ0n) is 9.79. The van der Waals surface area contributed by atoms with Crippen molar-refractivity contribution in [1.82, 2.24) is 10.2 Å². The van der Waals surface area contributed by atoms with Crippen LogP contribution >= 0.6 is 23.1 Å². The average molecular weight is 284 g/mol. The van der Waals surface area contributed by atoms with Crippen LogP contribution in [0.3, 0.4) is 0 Å². The van der Waals surface area contributed by atoms with Gasteiger partial charge >= 0.3 is 11.9 Å². The molecule has 0 saturated carbocycles. The number of nitrogens with zero attached hydrogens (tertiary/aromatic N) is 2. The number of thiophene rings is 1. The van der Waals surface area contributed by atoms with Gasteiger partial charge in [0.05, 0.1) is 6.61 Å². The van der Waals surface area contributed by atoms with Crippen LogP contribution in [0.25, 0.3) is 0 Å². The Balaban J connectivity index is 1.81. The van der Waals surface area contributed by atoms with Gasteiger partial charge in [-0.25, -0.2) is 4.79 Å². The molecule has 2 rings (SSSR count). The van der Waals surface area contributed by atoms with Crippen LogP contribution in [-0.2, 0) is 11.2 Å². The lowest BCUT2D eigenvalue weighted by Crippen LogP contribution is -2.04. The van der Waals surface area contributed by atoms with Crippen LogP contribution in [0, 0.1) is 0 Å². The standard InChI is InChI=1S/C11H12N2O3S2/c1-2-15-10(14)9-12-13-11(16-9)18-6-4-8-3-5-17-7-8/h3,5,7H,2,4,6H2,1H3. The molecule has 96 valence electrons. The van der Waals surface area contributed by atoms with Crippen molar-refractivity contribution in [2.45, 2.75) is 18.6 Å². The lowest BCUT2D eigenvalue weighted by molar-refractivity contribution is 0.0475. The molecule has 2 aromatic rings. The van der Waals surface area contributed by atoms with E-state index in [1.54, 1.807) is 18.3 Å². The smallest absolute Gasteiger partial charge is 0.396 e. The summed E-state index contributed by atoms with van der Waals surface area (Å²) in [6, 6.07) is 2.09. The quantitative estimate of drug-likeness (QED) is 0.600. The van der Waals surface area contributed by atoms with Crippen molar-refractivity contribution in [2.75, 3.05) is 12.4 Å². The van der Waals surface area contributed by atoms with E-state index in [4.69, 9.17) is 9.15 Å². The molecule has 0 unspecified atom stereocenters. The van der Waals surface area contributed by atoms with Gasteiger partial charge in [-0.2, -0.15) is 11.3 Å². The maximum Gasteiger partial charge on any atom is 0.396 e. The van der Waals surface area contributed by atoms with E-state index < -0.39 is 5.97 Å². The third-order valence-corrected chi connectivity index (χ3v) is 3.61. The van der Waals surface area contributed by atoms with E-state index >= 15 is 0 Å². The highest BCUT2D eigenvalue weighted by Crippen LogP contribution is 2.18. The van der Waals surface area contributed by atoms with Gasteiger partial charge < -0.3 is 9.15 Å². The van der Waals surface area contributed by atoms with Crippen LogP contribution in [-0.4, -0.2) is 28.5 Å². The van der Waals surface area contributed by atoms with E-state index in [0.29, 0.717) is 11.8 Å². The van der Waals surface area contributed by atoms with Gasteiger partial charge in [0.1, 0.15) is 0 Å². The molecule has 0 atom stereocenters. The van der Waals surface area contributed by atoms with E-state index in [0.717, 1.165) is 12.2 Å². The summed E-state index contributed by atoms with van der Waals surface area (Å²) in [6.07, 6.45) is 0.936. The molecule has 18 heavy (non-hydrogen) atoms. The molecule has 0 spiro atoms. The van der Waals surface area contributed by atoms with Gasteiger partial charge in [-0.15, -0.1) is 5.10 Å². The van der Waals surface area contributed by atoms with Crippen LogP contribution in [0.5, 0.6) is 0 Å². The molecule has 0 saturated heterocycles. The minimum atomic E-state index is -0.574. The minimum absolute atomic E-state index is 0.0881. The van der Waals surface area contributed by atoms with Crippen molar-refractivity contribution >= 4 is 29.1 Å².